The Morgan fingerprint density at radius 2 is 2.14 bits per heavy atom. The lowest BCUT2D eigenvalue weighted by molar-refractivity contribution is 0.0733. The number of benzene rings is 1. The molecule has 5 nitrogen and oxygen atoms in total. The summed E-state index contributed by atoms with van der Waals surface area (Å²) >= 11 is 0. The molecule has 0 aliphatic carbocycles. The number of nitrogens with zero attached hydrogens (tertiary/aromatic N) is 2. The Morgan fingerprint density at radius 1 is 1.41 bits per heavy atom. The minimum absolute atomic E-state index is 0. The predicted molar refractivity (Wildman–Crippen MR) is 86.8 cm³/mol. The predicted octanol–water partition coefficient (Wildman–Crippen LogP) is 2.57. The molecule has 1 fully saturated rings. The second-order valence-electron chi connectivity index (χ2n) is 5.59. The van der Waals surface area contributed by atoms with E-state index < -0.39 is 0 Å². The lowest BCUT2D eigenvalue weighted by Gasteiger charge is -2.19. The maximum Gasteiger partial charge on any atom is 0.276 e. The van der Waals surface area contributed by atoms with Gasteiger partial charge in [-0.25, -0.2) is 0 Å². The Labute approximate surface area is 135 Å². The van der Waals surface area contributed by atoms with E-state index in [1.165, 1.54) is 0 Å². The van der Waals surface area contributed by atoms with Crippen molar-refractivity contribution in [2.45, 2.75) is 19.4 Å². The zero-order valence-electron chi connectivity index (χ0n) is 12.4. The number of amides is 1. The smallest absolute Gasteiger partial charge is 0.276 e. The van der Waals surface area contributed by atoms with E-state index in [2.05, 4.69) is 5.16 Å². The lowest BCUT2D eigenvalue weighted by atomic mass is 10.1. The average Bonchev–Trinajstić information content (AvgIpc) is 3.14. The van der Waals surface area contributed by atoms with Crippen LogP contribution in [0.3, 0.4) is 0 Å². The second kappa shape index (κ2) is 6.94. The molecule has 0 bridgehead atoms. The summed E-state index contributed by atoms with van der Waals surface area (Å²) in [5.74, 6) is 0.912. The first-order valence-corrected chi connectivity index (χ1v) is 7.22. The van der Waals surface area contributed by atoms with Gasteiger partial charge in [0.2, 0.25) is 0 Å². The monoisotopic (exact) mass is 321 g/mol. The number of nitrogens with two attached hydrogens (primary N) is 1. The number of likely N-dealkylation sites (tertiary alicyclic amines) is 1. The van der Waals surface area contributed by atoms with E-state index in [-0.39, 0.29) is 24.4 Å². The van der Waals surface area contributed by atoms with E-state index in [4.69, 9.17) is 10.3 Å². The summed E-state index contributed by atoms with van der Waals surface area (Å²) in [6.07, 6.45) is 0.950. The average molecular weight is 322 g/mol. The number of hydrogen-bond acceptors (Lipinski definition) is 4. The van der Waals surface area contributed by atoms with Crippen LogP contribution in [0.5, 0.6) is 0 Å². The summed E-state index contributed by atoms with van der Waals surface area (Å²) in [6, 6.07) is 11.5. The molecule has 1 aliphatic rings. The SMILES string of the molecule is CC1CC(CN)CN1C(=O)c1cc(-c2ccccc2)on1.Cl. The first-order valence-electron chi connectivity index (χ1n) is 7.22. The van der Waals surface area contributed by atoms with Crippen LogP contribution in [-0.2, 0) is 0 Å². The molecule has 1 aromatic carbocycles. The van der Waals surface area contributed by atoms with Gasteiger partial charge in [-0.2, -0.15) is 0 Å². The second-order valence-corrected chi connectivity index (χ2v) is 5.59. The zero-order valence-corrected chi connectivity index (χ0v) is 13.3. The minimum Gasteiger partial charge on any atom is -0.355 e. The van der Waals surface area contributed by atoms with Gasteiger partial charge >= 0.3 is 0 Å². The van der Waals surface area contributed by atoms with Crippen LogP contribution >= 0.6 is 12.4 Å². The maximum absolute atomic E-state index is 12.5. The van der Waals surface area contributed by atoms with Gasteiger partial charge in [0.15, 0.2) is 11.5 Å². The maximum atomic E-state index is 12.5. The fraction of sp³-hybridized carbons (Fsp3) is 0.375. The first kappa shape index (κ1) is 16.5. The van der Waals surface area contributed by atoms with Crippen molar-refractivity contribution in [1.82, 2.24) is 10.1 Å². The molecular formula is C16H20ClN3O2. The van der Waals surface area contributed by atoms with E-state index in [1.54, 1.807) is 6.07 Å². The van der Waals surface area contributed by atoms with E-state index in [0.29, 0.717) is 30.5 Å². The van der Waals surface area contributed by atoms with E-state index >= 15 is 0 Å². The summed E-state index contributed by atoms with van der Waals surface area (Å²) in [5, 5.41) is 3.92. The zero-order chi connectivity index (χ0) is 14.8. The Balaban J connectivity index is 0.00000176. The molecule has 2 unspecified atom stereocenters. The minimum atomic E-state index is -0.0793. The van der Waals surface area contributed by atoms with Gasteiger partial charge in [0.05, 0.1) is 0 Å². The van der Waals surface area contributed by atoms with Gasteiger partial charge < -0.3 is 15.2 Å². The molecule has 0 radical (unpaired) electrons. The van der Waals surface area contributed by atoms with Gasteiger partial charge in [0.25, 0.3) is 5.91 Å². The van der Waals surface area contributed by atoms with Gasteiger partial charge in [0, 0.05) is 24.2 Å². The summed E-state index contributed by atoms with van der Waals surface area (Å²) in [6.45, 7) is 3.36. The molecule has 2 aromatic rings. The van der Waals surface area contributed by atoms with E-state index in [0.717, 1.165) is 12.0 Å². The fourth-order valence-electron chi connectivity index (χ4n) is 2.86. The van der Waals surface area contributed by atoms with Crippen LogP contribution in [0.1, 0.15) is 23.8 Å². The third kappa shape index (κ3) is 3.15. The molecule has 1 amide bonds. The molecule has 1 aliphatic heterocycles. The highest BCUT2D eigenvalue weighted by atomic mass is 35.5. The molecule has 2 atom stereocenters. The van der Waals surface area contributed by atoms with Crippen molar-refractivity contribution in [3.63, 3.8) is 0 Å². The van der Waals surface area contributed by atoms with Crippen LogP contribution in [0.4, 0.5) is 0 Å². The molecule has 118 valence electrons. The number of rotatable bonds is 3. The Hall–Kier alpha value is -1.85. The summed E-state index contributed by atoms with van der Waals surface area (Å²) < 4.78 is 5.30. The van der Waals surface area contributed by atoms with Crippen molar-refractivity contribution in [3.8, 4) is 11.3 Å². The molecule has 3 rings (SSSR count). The van der Waals surface area contributed by atoms with Crippen LogP contribution in [-0.4, -0.2) is 35.1 Å². The fourth-order valence-corrected chi connectivity index (χ4v) is 2.86. The van der Waals surface area contributed by atoms with E-state index in [9.17, 15) is 4.79 Å². The highest BCUT2D eigenvalue weighted by Gasteiger charge is 2.33. The molecule has 0 spiro atoms. The van der Waals surface area contributed by atoms with Crippen LogP contribution in [0.2, 0.25) is 0 Å². The number of hydrogen-bond donors (Lipinski definition) is 1. The van der Waals surface area contributed by atoms with Gasteiger partial charge in [-0.3, -0.25) is 4.79 Å². The van der Waals surface area contributed by atoms with Gasteiger partial charge in [-0.15, -0.1) is 12.4 Å². The Bertz CT molecular complexity index is 629. The summed E-state index contributed by atoms with van der Waals surface area (Å²) in [4.78, 5) is 14.4. The number of halogens is 1. The molecule has 2 heterocycles. The van der Waals surface area contributed by atoms with Crippen molar-refractivity contribution < 1.29 is 9.32 Å². The van der Waals surface area contributed by atoms with Crippen molar-refractivity contribution in [3.05, 3.63) is 42.1 Å². The van der Waals surface area contributed by atoms with Crippen molar-refractivity contribution in [2.75, 3.05) is 13.1 Å². The number of carbonyl (C=O) groups excluding carboxylic acids is 1. The van der Waals surface area contributed by atoms with Crippen molar-refractivity contribution in [2.24, 2.45) is 11.7 Å². The summed E-state index contributed by atoms with van der Waals surface area (Å²) in [7, 11) is 0. The van der Waals surface area contributed by atoms with Crippen molar-refractivity contribution in [1.29, 1.82) is 0 Å². The van der Waals surface area contributed by atoms with Crippen LogP contribution in [0.15, 0.2) is 40.9 Å². The third-order valence-corrected chi connectivity index (χ3v) is 4.04. The Morgan fingerprint density at radius 3 is 2.77 bits per heavy atom. The molecule has 0 saturated carbocycles. The first-order chi connectivity index (χ1) is 10.2. The molecule has 1 saturated heterocycles. The molecular weight excluding hydrogens is 302 g/mol. The molecule has 22 heavy (non-hydrogen) atoms. The van der Waals surface area contributed by atoms with Crippen LogP contribution < -0.4 is 5.73 Å². The molecule has 2 N–H and O–H groups in total. The highest BCUT2D eigenvalue weighted by molar-refractivity contribution is 5.93. The quantitative estimate of drug-likeness (QED) is 0.943. The third-order valence-electron chi connectivity index (χ3n) is 4.04. The largest absolute Gasteiger partial charge is 0.355 e. The van der Waals surface area contributed by atoms with E-state index in [1.807, 2.05) is 42.2 Å². The topological polar surface area (TPSA) is 72.4 Å². The van der Waals surface area contributed by atoms with Gasteiger partial charge in [-0.1, -0.05) is 35.5 Å². The van der Waals surface area contributed by atoms with Crippen molar-refractivity contribution >= 4 is 18.3 Å². The number of aromatic nitrogens is 1. The van der Waals surface area contributed by atoms with Crippen LogP contribution in [0, 0.1) is 5.92 Å². The lowest BCUT2D eigenvalue weighted by Crippen LogP contribution is -2.34. The standard InChI is InChI=1S/C16H19N3O2.ClH/c1-11-7-12(9-17)10-19(11)16(20)14-8-15(21-18-14)13-5-3-2-4-6-13;/h2-6,8,11-12H,7,9-10,17H2,1H3;1H. The molecule has 1 aromatic heterocycles. The number of carbonyl (C=O) groups is 1. The summed E-state index contributed by atoms with van der Waals surface area (Å²) in [5.41, 5.74) is 6.98. The molecule has 6 heteroatoms. The Kier molecular flexibility index (Phi) is 5.21. The van der Waals surface area contributed by atoms with Gasteiger partial charge in [-0.05, 0) is 25.8 Å². The normalized spacial score (nSPS) is 20.7. The highest BCUT2D eigenvalue weighted by Crippen LogP contribution is 2.25. The van der Waals surface area contributed by atoms with Gasteiger partial charge in [0.1, 0.15) is 0 Å². The van der Waals surface area contributed by atoms with Crippen LogP contribution in [0.25, 0.3) is 11.3 Å².